The third-order valence-electron chi connectivity index (χ3n) is 1.40. The molecule has 1 atom stereocenters. The van der Waals surface area contributed by atoms with Crippen LogP contribution >= 0.6 is 0 Å². The summed E-state index contributed by atoms with van der Waals surface area (Å²) < 4.78 is 10.0. The zero-order chi connectivity index (χ0) is 12.6. The zero-order valence-corrected chi connectivity index (χ0v) is 9.99. The van der Waals surface area contributed by atoms with Gasteiger partial charge in [-0.2, -0.15) is 0 Å². The number of rotatable bonds is 6. The summed E-state index contributed by atoms with van der Waals surface area (Å²) in [4.78, 5) is 21.9. The average Bonchev–Trinajstić information content (AvgIpc) is 2.13. The summed E-state index contributed by atoms with van der Waals surface area (Å²) in [6, 6.07) is -0.699. The van der Waals surface area contributed by atoms with Crippen molar-refractivity contribution in [1.29, 1.82) is 0 Å². The molecule has 0 aromatic rings. The average molecular weight is 229 g/mol. The Kier molecular flexibility index (Phi) is 6.41. The van der Waals surface area contributed by atoms with E-state index in [-0.39, 0.29) is 6.61 Å². The van der Waals surface area contributed by atoms with Crippen molar-refractivity contribution in [3.63, 3.8) is 0 Å². The molecule has 0 bridgehead atoms. The van der Waals surface area contributed by atoms with Crippen molar-refractivity contribution >= 4 is 12.4 Å². The summed E-state index contributed by atoms with van der Waals surface area (Å²) in [5.41, 5.74) is -0.584. The highest BCUT2D eigenvalue weighted by molar-refractivity contribution is 5.73. The fourth-order valence-corrected chi connectivity index (χ4v) is 0.852. The Labute approximate surface area is 95.8 Å². The van der Waals surface area contributed by atoms with E-state index < -0.39 is 17.7 Å². The van der Waals surface area contributed by atoms with E-state index in [1.54, 1.807) is 26.8 Å². The fraction of sp³-hybridized carbons (Fsp3) is 0.636. The van der Waals surface area contributed by atoms with Crippen molar-refractivity contribution in [2.75, 3.05) is 13.2 Å². The lowest BCUT2D eigenvalue weighted by Gasteiger charge is -2.21. The van der Waals surface area contributed by atoms with E-state index in [1.165, 1.54) is 0 Å². The second-order valence-corrected chi connectivity index (χ2v) is 4.21. The molecule has 16 heavy (non-hydrogen) atoms. The maximum atomic E-state index is 11.3. The Hall–Kier alpha value is -1.36. The third kappa shape index (κ3) is 7.99. The molecule has 0 aliphatic rings. The van der Waals surface area contributed by atoms with Crippen LogP contribution in [0.5, 0.6) is 0 Å². The van der Waals surface area contributed by atoms with E-state index in [4.69, 9.17) is 9.47 Å². The molecule has 1 amide bonds. The van der Waals surface area contributed by atoms with Gasteiger partial charge in [0.25, 0.3) is 0 Å². The molecule has 0 saturated heterocycles. The molecule has 5 nitrogen and oxygen atoms in total. The Morgan fingerprint density at radius 1 is 1.50 bits per heavy atom. The first-order valence-electron chi connectivity index (χ1n) is 5.02. The minimum atomic E-state index is -0.699. The molecule has 1 N–H and O–H groups in total. The number of amides is 1. The molecule has 0 aromatic heterocycles. The highest BCUT2D eigenvalue weighted by atomic mass is 16.6. The third-order valence-corrected chi connectivity index (χ3v) is 1.40. The molecule has 5 heteroatoms. The van der Waals surface area contributed by atoms with Crippen LogP contribution in [0, 0.1) is 0 Å². The zero-order valence-electron chi connectivity index (χ0n) is 9.99. The number of carbonyl (C=O) groups is 2. The lowest BCUT2D eigenvalue weighted by atomic mass is 10.2. The van der Waals surface area contributed by atoms with Crippen molar-refractivity contribution in [2.24, 2.45) is 0 Å². The highest BCUT2D eigenvalue weighted by Crippen LogP contribution is 2.06. The van der Waals surface area contributed by atoms with Crippen LogP contribution in [0.15, 0.2) is 12.7 Å². The van der Waals surface area contributed by atoms with Gasteiger partial charge >= 0.3 is 6.09 Å². The molecule has 0 unspecified atom stereocenters. The van der Waals surface area contributed by atoms with Gasteiger partial charge in [-0.25, -0.2) is 4.79 Å². The SMILES string of the molecule is C=CCOC[C@@H](C=O)NC(=O)OC(C)(C)C. The van der Waals surface area contributed by atoms with Crippen molar-refractivity contribution in [2.45, 2.75) is 32.4 Å². The monoisotopic (exact) mass is 229 g/mol. The van der Waals surface area contributed by atoms with Crippen LogP contribution in [-0.4, -0.2) is 37.2 Å². The van der Waals surface area contributed by atoms with Gasteiger partial charge in [0.1, 0.15) is 17.9 Å². The minimum Gasteiger partial charge on any atom is -0.444 e. The molecule has 0 heterocycles. The lowest BCUT2D eigenvalue weighted by molar-refractivity contribution is -0.110. The van der Waals surface area contributed by atoms with Crippen LogP contribution in [0.3, 0.4) is 0 Å². The maximum absolute atomic E-state index is 11.3. The van der Waals surface area contributed by atoms with Gasteiger partial charge in [0, 0.05) is 0 Å². The van der Waals surface area contributed by atoms with E-state index >= 15 is 0 Å². The number of ether oxygens (including phenoxy) is 2. The maximum Gasteiger partial charge on any atom is 0.408 e. The first-order valence-corrected chi connectivity index (χ1v) is 5.02. The summed E-state index contributed by atoms with van der Waals surface area (Å²) in [5.74, 6) is 0. The van der Waals surface area contributed by atoms with Gasteiger partial charge in [0.05, 0.1) is 13.2 Å². The smallest absolute Gasteiger partial charge is 0.408 e. The number of alkyl carbamates (subject to hydrolysis) is 1. The van der Waals surface area contributed by atoms with Crippen molar-refractivity contribution in [1.82, 2.24) is 5.32 Å². The molecule has 92 valence electrons. The molecule has 0 saturated carbocycles. The largest absolute Gasteiger partial charge is 0.444 e. The number of carbonyl (C=O) groups excluding carboxylic acids is 2. The summed E-state index contributed by atoms with van der Waals surface area (Å²) in [6.07, 6.45) is 1.54. The van der Waals surface area contributed by atoms with E-state index in [0.717, 1.165) is 0 Å². The first kappa shape index (κ1) is 14.6. The molecule has 0 radical (unpaired) electrons. The van der Waals surface area contributed by atoms with Gasteiger partial charge < -0.3 is 19.6 Å². The number of nitrogens with one attached hydrogen (secondary N) is 1. The van der Waals surface area contributed by atoms with Crippen LogP contribution in [0.2, 0.25) is 0 Å². The molecule has 0 fully saturated rings. The first-order chi connectivity index (χ1) is 7.39. The normalized spacial score (nSPS) is 12.7. The number of aldehydes is 1. The van der Waals surface area contributed by atoms with Gasteiger partial charge in [-0.05, 0) is 20.8 Å². The summed E-state index contributed by atoms with van der Waals surface area (Å²) in [5, 5.41) is 2.39. The predicted octanol–water partition coefficient (Wildman–Crippen LogP) is 1.28. The molecule has 0 aliphatic heterocycles. The summed E-state index contributed by atoms with van der Waals surface area (Å²) in [7, 11) is 0. The molecule has 0 rings (SSSR count). The van der Waals surface area contributed by atoms with Crippen molar-refractivity contribution in [3.8, 4) is 0 Å². The van der Waals surface area contributed by atoms with Crippen LogP contribution in [-0.2, 0) is 14.3 Å². The molecule has 0 spiro atoms. The van der Waals surface area contributed by atoms with Gasteiger partial charge in [0.15, 0.2) is 0 Å². The molecular weight excluding hydrogens is 210 g/mol. The summed E-state index contributed by atoms with van der Waals surface area (Å²) in [6.45, 7) is 9.15. The Morgan fingerprint density at radius 2 is 2.12 bits per heavy atom. The van der Waals surface area contributed by atoms with E-state index in [9.17, 15) is 9.59 Å². The highest BCUT2D eigenvalue weighted by Gasteiger charge is 2.19. The molecule has 0 aromatic carbocycles. The van der Waals surface area contributed by atoms with E-state index in [1.807, 2.05) is 0 Å². The summed E-state index contributed by atoms with van der Waals surface area (Å²) >= 11 is 0. The predicted molar refractivity (Wildman–Crippen MR) is 60.2 cm³/mol. The van der Waals surface area contributed by atoms with Crippen LogP contribution in [0.1, 0.15) is 20.8 Å². The van der Waals surface area contributed by atoms with E-state index in [2.05, 4.69) is 11.9 Å². The van der Waals surface area contributed by atoms with Crippen LogP contribution in [0.25, 0.3) is 0 Å². The number of hydrogen-bond donors (Lipinski definition) is 1. The quantitative estimate of drug-likeness (QED) is 0.423. The van der Waals surface area contributed by atoms with Gasteiger partial charge in [-0.3, -0.25) is 0 Å². The topological polar surface area (TPSA) is 64.6 Å². The second kappa shape index (κ2) is 7.00. The lowest BCUT2D eigenvalue weighted by Crippen LogP contribution is -2.42. The van der Waals surface area contributed by atoms with E-state index in [0.29, 0.717) is 12.9 Å². The van der Waals surface area contributed by atoms with Crippen molar-refractivity contribution < 1.29 is 19.1 Å². The van der Waals surface area contributed by atoms with Crippen molar-refractivity contribution in [3.05, 3.63) is 12.7 Å². The van der Waals surface area contributed by atoms with Gasteiger partial charge in [-0.1, -0.05) is 6.08 Å². The molecular formula is C11H19NO4. The standard InChI is InChI=1S/C11H19NO4/c1-5-6-15-8-9(7-13)12-10(14)16-11(2,3)4/h5,7,9H,1,6,8H2,2-4H3,(H,12,14)/t9-/m1/s1. The Balaban J connectivity index is 3.97. The molecule has 0 aliphatic carbocycles. The van der Waals surface area contributed by atoms with Crippen LogP contribution in [0.4, 0.5) is 4.79 Å². The second-order valence-electron chi connectivity index (χ2n) is 4.21. The Morgan fingerprint density at radius 3 is 2.56 bits per heavy atom. The fourth-order valence-electron chi connectivity index (χ4n) is 0.852. The van der Waals surface area contributed by atoms with Crippen LogP contribution < -0.4 is 5.32 Å². The number of hydrogen-bond acceptors (Lipinski definition) is 4. The Bertz CT molecular complexity index is 245. The van der Waals surface area contributed by atoms with Gasteiger partial charge in [-0.15, -0.1) is 6.58 Å². The minimum absolute atomic E-state index is 0.106. The van der Waals surface area contributed by atoms with Gasteiger partial charge in [0.2, 0.25) is 0 Å².